The van der Waals surface area contributed by atoms with E-state index in [1.165, 1.54) is 0 Å². The highest BCUT2D eigenvalue weighted by Crippen LogP contribution is 2.31. The lowest BCUT2D eigenvalue weighted by Gasteiger charge is -2.35. The fraction of sp³-hybridized carbons (Fsp3) is 0.241. The second-order valence-electron chi connectivity index (χ2n) is 8.54. The molecule has 0 unspecified atom stereocenters. The Morgan fingerprint density at radius 2 is 1.44 bits per heavy atom. The van der Waals surface area contributed by atoms with Gasteiger partial charge in [-0.1, -0.05) is 91.0 Å². The maximum atomic E-state index is 13.5. The number of piperidine rings is 1. The minimum atomic E-state index is -1.15. The van der Waals surface area contributed by atoms with E-state index in [4.69, 9.17) is 14.7 Å². The monoisotopic (exact) mass is 482 g/mol. The summed E-state index contributed by atoms with van der Waals surface area (Å²) in [5.74, 6) is -1.98. The minimum absolute atomic E-state index is 0.0419. The van der Waals surface area contributed by atoms with Crippen molar-refractivity contribution in [1.82, 2.24) is 4.90 Å². The molecular weight excluding hydrogens is 456 g/mol. The molecule has 0 bridgehead atoms. The Bertz CT molecular complexity index is 1190. The number of imide groups is 1. The number of benzene rings is 3. The predicted molar refractivity (Wildman–Crippen MR) is 131 cm³/mol. The summed E-state index contributed by atoms with van der Waals surface area (Å²) >= 11 is 0. The first-order chi connectivity index (χ1) is 17.6. The van der Waals surface area contributed by atoms with Gasteiger partial charge < -0.3 is 9.47 Å². The van der Waals surface area contributed by atoms with E-state index in [0.717, 1.165) is 21.6 Å². The van der Waals surface area contributed by atoms with Crippen LogP contribution in [0.3, 0.4) is 0 Å². The van der Waals surface area contributed by atoms with Crippen LogP contribution in [0.25, 0.3) is 0 Å². The molecule has 0 aliphatic carbocycles. The molecule has 182 valence electrons. The van der Waals surface area contributed by atoms with Crippen molar-refractivity contribution in [2.24, 2.45) is 5.92 Å². The Morgan fingerprint density at radius 1 is 0.889 bits per heavy atom. The third kappa shape index (κ3) is 5.78. The molecule has 1 fully saturated rings. The Kier molecular flexibility index (Phi) is 8.09. The molecule has 0 aromatic heterocycles. The highest BCUT2D eigenvalue weighted by atomic mass is 16.6. The van der Waals surface area contributed by atoms with Gasteiger partial charge in [-0.3, -0.25) is 4.79 Å². The van der Waals surface area contributed by atoms with Gasteiger partial charge in [-0.15, -0.1) is 0 Å². The summed E-state index contributed by atoms with van der Waals surface area (Å²) in [5, 5.41) is 9.13. The van der Waals surface area contributed by atoms with Crippen LogP contribution >= 0.6 is 0 Å². The molecule has 1 heterocycles. The number of rotatable bonds is 7. The van der Waals surface area contributed by atoms with Gasteiger partial charge >= 0.3 is 12.1 Å². The van der Waals surface area contributed by atoms with Crippen LogP contribution in [-0.2, 0) is 25.7 Å². The highest BCUT2D eigenvalue weighted by Gasteiger charge is 2.44. The van der Waals surface area contributed by atoms with Crippen LogP contribution in [0.5, 0.6) is 0 Å². The molecular formula is C29H26N2O5. The molecule has 1 aliphatic heterocycles. The molecule has 7 heteroatoms. The lowest BCUT2D eigenvalue weighted by molar-refractivity contribution is -0.161. The summed E-state index contributed by atoms with van der Waals surface area (Å²) in [6.45, 7) is -0.0508. The van der Waals surface area contributed by atoms with Crippen LogP contribution in [0.1, 0.15) is 42.1 Å². The second-order valence-corrected chi connectivity index (χ2v) is 8.54. The van der Waals surface area contributed by atoms with Gasteiger partial charge in [0.2, 0.25) is 5.91 Å². The van der Waals surface area contributed by atoms with Crippen LogP contribution in [0.2, 0.25) is 0 Å². The Morgan fingerprint density at radius 3 is 2.00 bits per heavy atom. The van der Waals surface area contributed by atoms with Gasteiger partial charge in [0.25, 0.3) is 0 Å². The van der Waals surface area contributed by atoms with Crippen molar-refractivity contribution in [1.29, 1.82) is 5.26 Å². The first-order valence-electron chi connectivity index (χ1n) is 11.8. The Labute approximate surface area is 209 Å². The smallest absolute Gasteiger partial charge is 0.417 e. The number of nitriles is 1. The van der Waals surface area contributed by atoms with Crippen molar-refractivity contribution in [3.63, 3.8) is 0 Å². The third-order valence-corrected chi connectivity index (χ3v) is 6.14. The molecule has 2 atom stereocenters. The summed E-state index contributed by atoms with van der Waals surface area (Å²) in [7, 11) is 0. The molecule has 36 heavy (non-hydrogen) atoms. The average Bonchev–Trinajstić information content (AvgIpc) is 2.93. The van der Waals surface area contributed by atoms with E-state index in [1.54, 1.807) is 12.1 Å². The summed E-state index contributed by atoms with van der Waals surface area (Å²) in [5.41, 5.74) is 2.27. The van der Waals surface area contributed by atoms with Gasteiger partial charge in [0.1, 0.15) is 12.6 Å². The molecule has 7 nitrogen and oxygen atoms in total. The van der Waals surface area contributed by atoms with Crippen LogP contribution in [0.15, 0.2) is 91.0 Å². The maximum Gasteiger partial charge on any atom is 0.417 e. The van der Waals surface area contributed by atoms with Gasteiger partial charge in [0, 0.05) is 6.42 Å². The molecule has 1 saturated heterocycles. The normalized spacial score (nSPS) is 17.3. The Hall–Kier alpha value is -4.44. The van der Waals surface area contributed by atoms with Gasteiger partial charge in [-0.2, -0.15) is 5.26 Å². The van der Waals surface area contributed by atoms with Crippen molar-refractivity contribution < 1.29 is 23.9 Å². The Balaban J connectivity index is 1.57. The van der Waals surface area contributed by atoms with Crippen LogP contribution in [0, 0.1) is 17.2 Å². The fourth-order valence-corrected chi connectivity index (χ4v) is 4.27. The maximum absolute atomic E-state index is 13.5. The van der Waals surface area contributed by atoms with Crippen LogP contribution < -0.4 is 0 Å². The molecule has 2 amide bonds. The number of likely N-dealkylation sites (tertiary alicyclic amines) is 1. The van der Waals surface area contributed by atoms with Gasteiger partial charge in [0.05, 0.1) is 12.0 Å². The first kappa shape index (κ1) is 24.7. The molecule has 3 aromatic carbocycles. The standard InChI is InChI=1S/C29H26N2O5/c30-19-18-24-16-17-25(31(27(24)32)29(34)35-20-21-10-4-1-5-11-21)28(33)36-26(22-12-6-2-7-13-22)23-14-8-3-9-15-23/h1-15,24-26H,16-18,20H2/t24-,25-/m0/s1. The zero-order valence-corrected chi connectivity index (χ0v) is 19.7. The van der Waals surface area contributed by atoms with Crippen LogP contribution in [-0.4, -0.2) is 28.9 Å². The lowest BCUT2D eigenvalue weighted by Crippen LogP contribution is -2.54. The van der Waals surface area contributed by atoms with Crippen molar-refractivity contribution >= 4 is 18.0 Å². The number of nitrogens with zero attached hydrogens (tertiary/aromatic N) is 2. The van der Waals surface area contributed by atoms with Crippen molar-refractivity contribution in [2.45, 2.75) is 38.0 Å². The molecule has 0 saturated carbocycles. The molecule has 0 N–H and O–H groups in total. The molecule has 0 spiro atoms. The molecule has 0 radical (unpaired) electrons. The number of esters is 1. The average molecular weight is 483 g/mol. The van der Waals surface area contributed by atoms with E-state index in [1.807, 2.05) is 84.9 Å². The zero-order valence-electron chi connectivity index (χ0n) is 19.7. The summed E-state index contributed by atoms with van der Waals surface area (Å²) < 4.78 is 11.3. The molecule has 1 aliphatic rings. The predicted octanol–water partition coefficient (Wildman–Crippen LogP) is 5.18. The summed E-state index contributed by atoms with van der Waals surface area (Å²) in [4.78, 5) is 40.5. The largest absolute Gasteiger partial charge is 0.451 e. The van der Waals surface area contributed by atoms with E-state index in [2.05, 4.69) is 0 Å². The second kappa shape index (κ2) is 11.8. The third-order valence-electron chi connectivity index (χ3n) is 6.14. The van der Waals surface area contributed by atoms with E-state index in [-0.39, 0.29) is 19.4 Å². The van der Waals surface area contributed by atoms with Crippen molar-refractivity contribution in [2.75, 3.05) is 0 Å². The topological polar surface area (TPSA) is 96.7 Å². The lowest BCUT2D eigenvalue weighted by atomic mass is 9.90. The first-order valence-corrected chi connectivity index (χ1v) is 11.8. The van der Waals surface area contributed by atoms with Crippen molar-refractivity contribution in [3.05, 3.63) is 108 Å². The minimum Gasteiger partial charge on any atom is -0.451 e. The number of ether oxygens (including phenoxy) is 2. The molecule has 4 rings (SSSR count). The highest BCUT2D eigenvalue weighted by molar-refractivity contribution is 5.99. The van der Waals surface area contributed by atoms with Crippen molar-refractivity contribution in [3.8, 4) is 6.07 Å². The zero-order chi connectivity index (χ0) is 25.3. The van der Waals surface area contributed by atoms with Crippen LogP contribution in [0.4, 0.5) is 4.79 Å². The SMILES string of the molecule is N#CC[C@@H]1CC[C@@H](C(=O)OC(c2ccccc2)c2ccccc2)N(C(=O)OCc2ccccc2)C1=O. The van der Waals surface area contributed by atoms with Gasteiger partial charge in [0.15, 0.2) is 6.10 Å². The molecule has 3 aromatic rings. The fourth-order valence-electron chi connectivity index (χ4n) is 4.27. The summed E-state index contributed by atoms with van der Waals surface area (Å²) in [6, 6.07) is 28.4. The number of hydrogen-bond acceptors (Lipinski definition) is 6. The van der Waals surface area contributed by atoms with E-state index < -0.39 is 36.0 Å². The van der Waals surface area contributed by atoms with Gasteiger partial charge in [-0.25, -0.2) is 14.5 Å². The van der Waals surface area contributed by atoms with E-state index in [9.17, 15) is 14.4 Å². The number of carbonyl (C=O) groups is 3. The van der Waals surface area contributed by atoms with E-state index >= 15 is 0 Å². The summed E-state index contributed by atoms with van der Waals surface area (Å²) in [6.07, 6.45) is -1.19. The van der Waals surface area contributed by atoms with E-state index in [0.29, 0.717) is 6.42 Å². The number of amides is 2. The van der Waals surface area contributed by atoms with Gasteiger partial charge in [-0.05, 0) is 29.5 Å². The number of hydrogen-bond donors (Lipinski definition) is 0. The number of carbonyl (C=O) groups excluding carboxylic acids is 3. The quantitative estimate of drug-likeness (QED) is 0.431.